The summed E-state index contributed by atoms with van der Waals surface area (Å²) in [5, 5.41) is 23.3. The number of aliphatic hydroxyl groups is 1. The number of anilines is 1. The summed E-state index contributed by atoms with van der Waals surface area (Å²) in [5.41, 5.74) is 3.02. The summed E-state index contributed by atoms with van der Waals surface area (Å²) in [6.45, 7) is 7.37. The van der Waals surface area contributed by atoms with Crippen molar-refractivity contribution in [2.45, 2.75) is 39.3 Å². The molecule has 2 heterocycles. The number of aryl methyl sites for hydroxylation is 1. The predicted octanol–water partition coefficient (Wildman–Crippen LogP) is 0.635. The third kappa shape index (κ3) is 4.82. The Hall–Kier alpha value is -2.35. The van der Waals surface area contributed by atoms with Crippen LogP contribution in [-0.4, -0.2) is 43.7 Å². The van der Waals surface area contributed by atoms with Crippen LogP contribution < -0.4 is 10.6 Å². The normalized spacial score (nSPS) is 11.5. The summed E-state index contributed by atoms with van der Waals surface area (Å²) in [4.78, 5) is 11.6. The fourth-order valence-electron chi connectivity index (χ4n) is 2.44. The van der Waals surface area contributed by atoms with Crippen molar-refractivity contribution in [2.24, 2.45) is 7.05 Å². The molecular formula is C16H26N6O2. The van der Waals surface area contributed by atoms with Crippen molar-refractivity contribution in [3.63, 3.8) is 0 Å². The zero-order valence-electron chi connectivity index (χ0n) is 14.7. The maximum atomic E-state index is 11.6. The van der Waals surface area contributed by atoms with Crippen molar-refractivity contribution >= 4 is 11.6 Å². The molecule has 0 radical (unpaired) electrons. The van der Waals surface area contributed by atoms with Gasteiger partial charge in [-0.15, -0.1) is 0 Å². The van der Waals surface area contributed by atoms with Crippen LogP contribution in [0.5, 0.6) is 0 Å². The van der Waals surface area contributed by atoms with Crippen LogP contribution in [0.3, 0.4) is 0 Å². The number of nitrogens with zero attached hydrogens (tertiary/aromatic N) is 4. The number of amides is 1. The van der Waals surface area contributed by atoms with Crippen LogP contribution in [0.2, 0.25) is 0 Å². The summed E-state index contributed by atoms with van der Waals surface area (Å²) < 4.78 is 3.38. The second-order valence-electron chi connectivity index (χ2n) is 6.78. The van der Waals surface area contributed by atoms with Gasteiger partial charge in [0.05, 0.1) is 24.2 Å². The number of aliphatic hydroxyl groups excluding tert-OH is 1. The average Bonchev–Trinajstić information content (AvgIpc) is 3.09. The van der Waals surface area contributed by atoms with E-state index in [2.05, 4.69) is 41.6 Å². The Morgan fingerprint density at radius 2 is 2.08 bits per heavy atom. The van der Waals surface area contributed by atoms with Gasteiger partial charge in [0.1, 0.15) is 6.54 Å². The van der Waals surface area contributed by atoms with E-state index in [-0.39, 0.29) is 31.0 Å². The molecule has 0 aliphatic heterocycles. The summed E-state index contributed by atoms with van der Waals surface area (Å²) in [6.07, 6.45) is 5.48. The number of nitrogens with one attached hydrogen (secondary N) is 2. The molecule has 2 aromatic rings. The molecule has 1 amide bonds. The van der Waals surface area contributed by atoms with Gasteiger partial charge in [-0.05, 0) is 0 Å². The first-order valence-electron chi connectivity index (χ1n) is 7.96. The van der Waals surface area contributed by atoms with Crippen molar-refractivity contribution in [1.82, 2.24) is 24.9 Å². The molecule has 0 saturated carbocycles. The molecule has 8 heteroatoms. The fraction of sp³-hybridized carbons (Fsp3) is 0.562. The molecule has 0 bridgehead atoms. The Labute approximate surface area is 141 Å². The van der Waals surface area contributed by atoms with Gasteiger partial charge in [-0.3, -0.25) is 14.2 Å². The molecule has 0 aliphatic carbocycles. The highest BCUT2D eigenvalue weighted by Crippen LogP contribution is 2.24. The summed E-state index contributed by atoms with van der Waals surface area (Å²) in [7, 11) is 1.92. The Kier molecular flexibility index (Phi) is 5.61. The second-order valence-corrected chi connectivity index (χ2v) is 6.78. The minimum atomic E-state index is -0.180. The highest BCUT2D eigenvalue weighted by atomic mass is 16.3. The van der Waals surface area contributed by atoms with Crippen molar-refractivity contribution in [3.8, 4) is 0 Å². The maximum absolute atomic E-state index is 11.6. The minimum absolute atomic E-state index is 0.0206. The van der Waals surface area contributed by atoms with Gasteiger partial charge >= 0.3 is 0 Å². The van der Waals surface area contributed by atoms with Crippen LogP contribution in [0.25, 0.3) is 0 Å². The summed E-state index contributed by atoms with van der Waals surface area (Å²) in [6, 6.07) is 0. The smallest absolute Gasteiger partial charge is 0.241 e. The molecule has 0 unspecified atom stereocenters. The third-order valence-corrected chi connectivity index (χ3v) is 3.47. The Morgan fingerprint density at radius 3 is 2.75 bits per heavy atom. The van der Waals surface area contributed by atoms with Gasteiger partial charge in [0, 0.05) is 43.5 Å². The molecule has 8 nitrogen and oxygen atoms in total. The molecule has 0 spiro atoms. The van der Waals surface area contributed by atoms with E-state index < -0.39 is 0 Å². The zero-order chi connectivity index (χ0) is 17.7. The largest absolute Gasteiger partial charge is 0.395 e. The number of carbonyl (C=O) groups is 1. The van der Waals surface area contributed by atoms with Crippen LogP contribution in [0.15, 0.2) is 18.6 Å². The van der Waals surface area contributed by atoms with E-state index in [0.717, 1.165) is 16.9 Å². The number of hydrogen-bond acceptors (Lipinski definition) is 5. The lowest BCUT2D eigenvalue weighted by Crippen LogP contribution is -2.30. The Bertz CT molecular complexity index is 683. The molecule has 3 N–H and O–H groups in total. The molecule has 0 atom stereocenters. The van der Waals surface area contributed by atoms with E-state index in [1.54, 1.807) is 17.1 Å². The van der Waals surface area contributed by atoms with Crippen molar-refractivity contribution in [1.29, 1.82) is 0 Å². The quantitative estimate of drug-likeness (QED) is 0.690. The molecule has 0 aromatic carbocycles. The molecule has 2 aromatic heterocycles. The first-order valence-corrected chi connectivity index (χ1v) is 7.96. The standard InChI is InChI=1S/C16H26N6O2/c1-16(2,3)15-12(9-21(4)20-15)7-18-13-8-19-22(10-13)11-14(24)17-5-6-23/h8-10,18,23H,5-7,11H2,1-4H3,(H,17,24). The molecule has 132 valence electrons. The predicted molar refractivity (Wildman–Crippen MR) is 91.6 cm³/mol. The van der Waals surface area contributed by atoms with E-state index in [1.807, 2.05) is 17.9 Å². The van der Waals surface area contributed by atoms with Crippen LogP contribution in [0.4, 0.5) is 5.69 Å². The van der Waals surface area contributed by atoms with E-state index >= 15 is 0 Å². The monoisotopic (exact) mass is 334 g/mol. The lowest BCUT2D eigenvalue weighted by molar-refractivity contribution is -0.122. The van der Waals surface area contributed by atoms with Crippen molar-refractivity contribution < 1.29 is 9.90 Å². The molecule has 0 fully saturated rings. The van der Waals surface area contributed by atoms with Gasteiger partial charge in [-0.25, -0.2) is 0 Å². The van der Waals surface area contributed by atoms with Crippen LogP contribution in [0, 0.1) is 0 Å². The van der Waals surface area contributed by atoms with Gasteiger partial charge < -0.3 is 15.7 Å². The van der Waals surface area contributed by atoms with Gasteiger partial charge in [-0.2, -0.15) is 10.2 Å². The zero-order valence-corrected chi connectivity index (χ0v) is 14.7. The maximum Gasteiger partial charge on any atom is 0.241 e. The number of rotatable bonds is 7. The molecular weight excluding hydrogens is 308 g/mol. The van der Waals surface area contributed by atoms with Crippen LogP contribution in [0.1, 0.15) is 32.0 Å². The Balaban J connectivity index is 1.95. The van der Waals surface area contributed by atoms with Crippen molar-refractivity contribution in [2.75, 3.05) is 18.5 Å². The topological polar surface area (TPSA) is 97.0 Å². The molecule has 24 heavy (non-hydrogen) atoms. The second kappa shape index (κ2) is 7.48. The summed E-state index contributed by atoms with van der Waals surface area (Å²) in [5.74, 6) is -0.180. The lowest BCUT2D eigenvalue weighted by Gasteiger charge is -2.17. The summed E-state index contributed by atoms with van der Waals surface area (Å²) >= 11 is 0. The third-order valence-electron chi connectivity index (χ3n) is 3.47. The van der Waals surface area contributed by atoms with E-state index in [9.17, 15) is 4.79 Å². The van der Waals surface area contributed by atoms with Gasteiger partial charge in [0.2, 0.25) is 5.91 Å². The van der Waals surface area contributed by atoms with Gasteiger partial charge in [0.15, 0.2) is 0 Å². The van der Waals surface area contributed by atoms with E-state index in [1.165, 1.54) is 0 Å². The fourth-order valence-corrected chi connectivity index (χ4v) is 2.44. The Morgan fingerprint density at radius 1 is 1.33 bits per heavy atom. The number of carbonyl (C=O) groups excluding carboxylic acids is 1. The first-order chi connectivity index (χ1) is 11.3. The highest BCUT2D eigenvalue weighted by molar-refractivity contribution is 5.75. The molecule has 0 saturated heterocycles. The highest BCUT2D eigenvalue weighted by Gasteiger charge is 2.21. The van der Waals surface area contributed by atoms with Crippen molar-refractivity contribution in [3.05, 3.63) is 29.8 Å². The SMILES string of the molecule is Cn1cc(CNc2cnn(CC(=O)NCCO)c2)c(C(C)(C)C)n1. The number of aromatic nitrogens is 4. The minimum Gasteiger partial charge on any atom is -0.395 e. The van der Waals surface area contributed by atoms with E-state index in [4.69, 9.17) is 5.11 Å². The number of hydrogen-bond donors (Lipinski definition) is 3. The molecule has 0 aliphatic rings. The lowest BCUT2D eigenvalue weighted by atomic mass is 9.89. The first kappa shape index (κ1) is 18.0. The van der Waals surface area contributed by atoms with Crippen LogP contribution >= 0.6 is 0 Å². The van der Waals surface area contributed by atoms with E-state index in [0.29, 0.717) is 6.54 Å². The van der Waals surface area contributed by atoms with Gasteiger partial charge in [-0.1, -0.05) is 20.8 Å². The molecule has 2 rings (SSSR count). The van der Waals surface area contributed by atoms with Gasteiger partial charge in [0.25, 0.3) is 0 Å². The van der Waals surface area contributed by atoms with Crippen LogP contribution in [-0.2, 0) is 30.3 Å². The average molecular weight is 334 g/mol.